The number of carbonyl (C=O) groups is 1. The van der Waals surface area contributed by atoms with Crippen LogP contribution >= 0.6 is 0 Å². The third-order valence-electron chi connectivity index (χ3n) is 2.72. The maximum absolute atomic E-state index is 13.0. The highest BCUT2D eigenvalue weighted by Gasteiger charge is 2.11. The first-order valence-corrected chi connectivity index (χ1v) is 7.73. The van der Waals surface area contributed by atoms with E-state index in [-0.39, 0.29) is 16.1 Å². The quantitative estimate of drug-likeness (QED) is 0.948. The third kappa shape index (κ3) is 3.63. The minimum atomic E-state index is -3.34. The van der Waals surface area contributed by atoms with Gasteiger partial charge in [-0.05, 0) is 36.4 Å². The van der Waals surface area contributed by atoms with Crippen LogP contribution in [0, 0.1) is 11.6 Å². The average molecular weight is 311 g/mol. The highest BCUT2D eigenvalue weighted by Crippen LogP contribution is 2.15. The number of rotatable bonds is 3. The molecule has 0 aliphatic carbocycles. The van der Waals surface area contributed by atoms with Gasteiger partial charge in [-0.1, -0.05) is 0 Å². The van der Waals surface area contributed by atoms with Crippen molar-refractivity contribution in [2.75, 3.05) is 11.6 Å². The summed E-state index contributed by atoms with van der Waals surface area (Å²) in [6, 6.07) is 8.26. The lowest BCUT2D eigenvalue weighted by atomic mass is 10.2. The van der Waals surface area contributed by atoms with Gasteiger partial charge in [0.1, 0.15) is 0 Å². The number of hydrogen-bond donors (Lipinski definition) is 1. The van der Waals surface area contributed by atoms with Crippen LogP contribution in [0.4, 0.5) is 14.5 Å². The van der Waals surface area contributed by atoms with Gasteiger partial charge in [0.25, 0.3) is 5.91 Å². The zero-order valence-corrected chi connectivity index (χ0v) is 11.7. The Morgan fingerprint density at radius 3 is 2.14 bits per heavy atom. The van der Waals surface area contributed by atoms with Gasteiger partial charge in [-0.3, -0.25) is 4.79 Å². The number of sulfone groups is 1. The number of benzene rings is 2. The number of amides is 1. The van der Waals surface area contributed by atoms with Crippen LogP contribution in [0.1, 0.15) is 10.4 Å². The number of hydrogen-bond acceptors (Lipinski definition) is 3. The van der Waals surface area contributed by atoms with E-state index in [4.69, 9.17) is 0 Å². The van der Waals surface area contributed by atoms with Crippen molar-refractivity contribution < 1.29 is 22.0 Å². The molecule has 2 rings (SSSR count). The van der Waals surface area contributed by atoms with E-state index in [1.807, 2.05) is 0 Å². The summed E-state index contributed by atoms with van der Waals surface area (Å²) >= 11 is 0. The van der Waals surface area contributed by atoms with E-state index in [9.17, 15) is 22.0 Å². The maximum Gasteiger partial charge on any atom is 0.255 e. The molecule has 7 heteroatoms. The molecule has 0 atom stereocenters. The van der Waals surface area contributed by atoms with Crippen molar-refractivity contribution >= 4 is 21.4 Å². The monoisotopic (exact) mass is 311 g/mol. The van der Waals surface area contributed by atoms with E-state index < -0.39 is 27.4 Å². The number of nitrogens with one attached hydrogen (secondary N) is 1. The smallest absolute Gasteiger partial charge is 0.255 e. The van der Waals surface area contributed by atoms with E-state index in [1.54, 1.807) is 0 Å². The van der Waals surface area contributed by atoms with Gasteiger partial charge < -0.3 is 5.32 Å². The van der Waals surface area contributed by atoms with Crippen LogP contribution in [-0.4, -0.2) is 20.6 Å². The van der Waals surface area contributed by atoms with Crippen LogP contribution in [0.2, 0.25) is 0 Å². The predicted octanol–water partition coefficient (Wildman–Crippen LogP) is 2.62. The van der Waals surface area contributed by atoms with Crippen molar-refractivity contribution in [3.63, 3.8) is 0 Å². The van der Waals surface area contributed by atoms with E-state index in [0.29, 0.717) is 0 Å². The van der Waals surface area contributed by atoms with E-state index in [2.05, 4.69) is 5.32 Å². The van der Waals surface area contributed by atoms with Crippen molar-refractivity contribution in [2.24, 2.45) is 0 Å². The Labute approximate surface area is 120 Å². The summed E-state index contributed by atoms with van der Waals surface area (Å²) in [7, 11) is -3.34. The van der Waals surface area contributed by atoms with E-state index in [0.717, 1.165) is 18.4 Å². The second-order valence-electron chi connectivity index (χ2n) is 4.38. The molecule has 1 N–H and O–H groups in total. The highest BCUT2D eigenvalue weighted by atomic mass is 32.2. The zero-order valence-electron chi connectivity index (χ0n) is 10.9. The van der Waals surface area contributed by atoms with E-state index >= 15 is 0 Å². The third-order valence-corrected chi connectivity index (χ3v) is 3.85. The Kier molecular flexibility index (Phi) is 4.04. The molecule has 0 aliphatic heterocycles. The molecule has 0 saturated carbocycles. The Morgan fingerprint density at radius 1 is 1.00 bits per heavy atom. The first kappa shape index (κ1) is 15.1. The fourth-order valence-corrected chi connectivity index (χ4v) is 2.26. The van der Waals surface area contributed by atoms with Crippen molar-refractivity contribution in [3.8, 4) is 0 Å². The molecule has 0 fully saturated rings. The van der Waals surface area contributed by atoms with Crippen molar-refractivity contribution in [2.45, 2.75) is 4.90 Å². The van der Waals surface area contributed by atoms with Crippen LogP contribution in [0.25, 0.3) is 0 Å². The summed E-state index contributed by atoms with van der Waals surface area (Å²) in [5.74, 6) is -2.63. The molecule has 0 radical (unpaired) electrons. The molecule has 4 nitrogen and oxygen atoms in total. The second-order valence-corrected chi connectivity index (χ2v) is 6.40. The molecule has 0 spiro atoms. The zero-order chi connectivity index (χ0) is 15.6. The minimum absolute atomic E-state index is 0.0897. The summed E-state index contributed by atoms with van der Waals surface area (Å²) in [5.41, 5.74) is 0.304. The van der Waals surface area contributed by atoms with Crippen LogP contribution in [0.15, 0.2) is 47.4 Å². The summed E-state index contributed by atoms with van der Waals surface area (Å²) in [4.78, 5) is 12.0. The molecule has 2 aromatic rings. The second kappa shape index (κ2) is 5.61. The van der Waals surface area contributed by atoms with Gasteiger partial charge in [0.05, 0.1) is 4.90 Å². The molecule has 0 saturated heterocycles. The minimum Gasteiger partial charge on any atom is -0.322 e. The number of halogens is 2. The summed E-state index contributed by atoms with van der Waals surface area (Å²) in [6.45, 7) is 0. The molecule has 2 aromatic carbocycles. The van der Waals surface area contributed by atoms with Crippen molar-refractivity contribution in [1.29, 1.82) is 0 Å². The van der Waals surface area contributed by atoms with Crippen LogP contribution in [0.5, 0.6) is 0 Å². The van der Waals surface area contributed by atoms with Crippen molar-refractivity contribution in [3.05, 3.63) is 59.7 Å². The molecular formula is C14H11F2NO3S. The maximum atomic E-state index is 13.0. The fraction of sp³-hybridized carbons (Fsp3) is 0.0714. The normalized spacial score (nSPS) is 11.2. The van der Waals surface area contributed by atoms with Gasteiger partial charge in [0.2, 0.25) is 0 Å². The summed E-state index contributed by atoms with van der Waals surface area (Å²) < 4.78 is 48.4. The Morgan fingerprint density at radius 2 is 1.62 bits per heavy atom. The SMILES string of the molecule is CS(=O)(=O)c1ccc(C(=O)Nc2ccc(F)c(F)c2)cc1. The van der Waals surface area contributed by atoms with Crippen molar-refractivity contribution in [1.82, 2.24) is 0 Å². The highest BCUT2D eigenvalue weighted by molar-refractivity contribution is 7.90. The molecule has 0 aromatic heterocycles. The van der Waals surface area contributed by atoms with Crippen LogP contribution < -0.4 is 5.32 Å². The van der Waals surface area contributed by atoms with Crippen LogP contribution in [-0.2, 0) is 9.84 Å². The molecular weight excluding hydrogens is 300 g/mol. The lowest BCUT2D eigenvalue weighted by Crippen LogP contribution is -2.12. The van der Waals surface area contributed by atoms with E-state index in [1.165, 1.54) is 30.3 Å². The average Bonchev–Trinajstić information content (AvgIpc) is 2.42. The molecule has 21 heavy (non-hydrogen) atoms. The van der Waals surface area contributed by atoms with Gasteiger partial charge >= 0.3 is 0 Å². The molecule has 0 aliphatic rings. The van der Waals surface area contributed by atoms with Crippen LogP contribution in [0.3, 0.4) is 0 Å². The van der Waals surface area contributed by atoms with Gasteiger partial charge in [-0.15, -0.1) is 0 Å². The number of carbonyl (C=O) groups excluding carboxylic acids is 1. The predicted molar refractivity (Wildman–Crippen MR) is 73.9 cm³/mol. The lowest BCUT2D eigenvalue weighted by molar-refractivity contribution is 0.102. The topological polar surface area (TPSA) is 63.2 Å². The lowest BCUT2D eigenvalue weighted by Gasteiger charge is -2.06. The summed E-state index contributed by atoms with van der Waals surface area (Å²) in [6.07, 6.45) is 1.06. The first-order valence-electron chi connectivity index (χ1n) is 5.84. The molecule has 1 amide bonds. The van der Waals surface area contributed by atoms with Gasteiger partial charge in [-0.25, -0.2) is 17.2 Å². The summed E-state index contributed by atoms with van der Waals surface area (Å²) in [5, 5.41) is 2.39. The van der Waals surface area contributed by atoms with Gasteiger partial charge in [0, 0.05) is 23.6 Å². The first-order chi connectivity index (χ1) is 9.77. The standard InChI is InChI=1S/C14H11F2NO3S/c1-21(19,20)11-5-2-9(3-6-11)14(18)17-10-4-7-12(15)13(16)8-10/h2-8H,1H3,(H,17,18). The Balaban J connectivity index is 2.18. The van der Waals surface area contributed by atoms with Gasteiger partial charge in [0.15, 0.2) is 21.5 Å². The molecule has 0 bridgehead atoms. The molecule has 110 valence electrons. The Bertz CT molecular complexity index is 786. The largest absolute Gasteiger partial charge is 0.322 e. The molecule has 0 unspecified atom stereocenters. The molecule has 0 heterocycles. The van der Waals surface area contributed by atoms with Gasteiger partial charge in [-0.2, -0.15) is 0 Å². The fourth-order valence-electron chi connectivity index (χ4n) is 1.63. The number of anilines is 1. The Hall–Kier alpha value is -2.28.